The van der Waals surface area contributed by atoms with E-state index in [1.807, 2.05) is 12.1 Å². The van der Waals surface area contributed by atoms with Gasteiger partial charge in [0.05, 0.1) is 0 Å². The van der Waals surface area contributed by atoms with E-state index >= 15 is 0 Å². The molecule has 1 unspecified atom stereocenters. The first-order valence-electron chi connectivity index (χ1n) is 10.9. The van der Waals surface area contributed by atoms with Crippen LogP contribution in [0.3, 0.4) is 0 Å². The molecule has 1 aromatic heterocycles. The van der Waals surface area contributed by atoms with Crippen LogP contribution >= 0.6 is 0 Å². The van der Waals surface area contributed by atoms with Gasteiger partial charge in [0, 0.05) is 25.1 Å². The number of rotatable bonds is 5. The summed E-state index contributed by atoms with van der Waals surface area (Å²) in [6.07, 6.45) is 5.44. The predicted octanol–water partition coefficient (Wildman–Crippen LogP) is 4.90. The number of carbonyl (C=O) groups excluding carboxylic acids is 1. The van der Waals surface area contributed by atoms with E-state index in [-0.39, 0.29) is 29.9 Å². The summed E-state index contributed by atoms with van der Waals surface area (Å²) in [7, 11) is 0. The Morgan fingerprint density at radius 1 is 1.13 bits per heavy atom. The molecule has 31 heavy (non-hydrogen) atoms. The highest BCUT2D eigenvalue weighted by molar-refractivity contribution is 5.92. The topological polar surface area (TPSA) is 55.6 Å². The van der Waals surface area contributed by atoms with Gasteiger partial charge in [-0.25, -0.2) is 4.39 Å². The van der Waals surface area contributed by atoms with Gasteiger partial charge in [0.2, 0.25) is 0 Å². The normalized spacial score (nSPS) is 18.1. The molecule has 0 radical (unpaired) electrons. The Hall–Kier alpha value is -3.15. The molecule has 2 aromatic carbocycles. The Kier molecular flexibility index (Phi) is 5.45. The van der Waals surface area contributed by atoms with Gasteiger partial charge >= 0.3 is 0 Å². The number of nitrogens with zero attached hydrogens (tertiary/aromatic N) is 2. The maximum atomic E-state index is 14.1. The first-order valence-corrected chi connectivity index (χ1v) is 10.9. The van der Waals surface area contributed by atoms with Crippen molar-refractivity contribution in [2.75, 3.05) is 13.1 Å². The number of benzene rings is 2. The Labute approximate surface area is 180 Å². The molecule has 1 amide bonds. The summed E-state index contributed by atoms with van der Waals surface area (Å²) in [6, 6.07) is 14.6. The third-order valence-corrected chi connectivity index (χ3v) is 6.30. The zero-order valence-corrected chi connectivity index (χ0v) is 17.4. The number of hydrogen-bond acceptors (Lipinski definition) is 4. The van der Waals surface area contributed by atoms with Crippen molar-refractivity contribution in [1.82, 2.24) is 10.1 Å². The van der Waals surface area contributed by atoms with Gasteiger partial charge in [0.1, 0.15) is 18.2 Å². The monoisotopic (exact) mass is 420 g/mol. The van der Waals surface area contributed by atoms with Gasteiger partial charge < -0.3 is 14.2 Å². The average molecular weight is 420 g/mol. The van der Waals surface area contributed by atoms with Crippen molar-refractivity contribution >= 4 is 5.91 Å². The molecule has 6 heteroatoms. The van der Waals surface area contributed by atoms with Crippen molar-refractivity contribution in [1.29, 1.82) is 0 Å². The van der Waals surface area contributed by atoms with Crippen LogP contribution in [0, 0.1) is 5.82 Å². The molecular weight excluding hydrogens is 395 g/mol. The second-order valence-corrected chi connectivity index (χ2v) is 8.36. The van der Waals surface area contributed by atoms with Crippen LogP contribution in [0.2, 0.25) is 0 Å². The molecule has 1 saturated heterocycles. The van der Waals surface area contributed by atoms with Crippen molar-refractivity contribution in [2.24, 2.45) is 0 Å². The lowest BCUT2D eigenvalue weighted by molar-refractivity contribution is 0.0780. The third kappa shape index (κ3) is 4.20. The second kappa shape index (κ2) is 8.53. The molecule has 5 rings (SSSR count). The van der Waals surface area contributed by atoms with Crippen LogP contribution in [0.1, 0.15) is 58.1 Å². The number of aryl methyl sites for hydroxylation is 2. The largest absolute Gasteiger partial charge is 0.486 e. The fraction of sp³-hybridized carbons (Fsp3) is 0.360. The van der Waals surface area contributed by atoms with Crippen molar-refractivity contribution in [3.8, 4) is 5.75 Å². The van der Waals surface area contributed by atoms with Crippen LogP contribution < -0.4 is 4.74 Å². The number of likely N-dealkylation sites (tertiary alicyclic amines) is 1. The van der Waals surface area contributed by atoms with Gasteiger partial charge in [-0.3, -0.25) is 4.79 Å². The summed E-state index contributed by atoms with van der Waals surface area (Å²) >= 11 is 0. The Morgan fingerprint density at radius 3 is 2.84 bits per heavy atom. The van der Waals surface area contributed by atoms with Gasteiger partial charge in [-0.15, -0.1) is 0 Å². The Balaban J connectivity index is 1.20. The fourth-order valence-electron chi connectivity index (χ4n) is 4.60. The van der Waals surface area contributed by atoms with E-state index in [1.54, 1.807) is 23.1 Å². The minimum atomic E-state index is -0.218. The summed E-state index contributed by atoms with van der Waals surface area (Å²) in [5.41, 5.74) is 3.69. The van der Waals surface area contributed by atoms with Crippen LogP contribution in [0.5, 0.6) is 5.75 Å². The van der Waals surface area contributed by atoms with Crippen LogP contribution in [0.25, 0.3) is 0 Å². The van der Waals surface area contributed by atoms with E-state index in [0.29, 0.717) is 24.4 Å². The molecular formula is C25H25FN2O3. The Bertz CT molecular complexity index is 1090. The van der Waals surface area contributed by atoms with Crippen molar-refractivity contribution in [3.05, 3.63) is 82.5 Å². The molecule has 0 bridgehead atoms. The maximum absolute atomic E-state index is 14.1. The average Bonchev–Trinajstić information content (AvgIpc) is 3.48. The van der Waals surface area contributed by atoms with Crippen LogP contribution in [-0.4, -0.2) is 29.1 Å². The molecule has 5 nitrogen and oxygen atoms in total. The first kappa shape index (κ1) is 19.8. The highest BCUT2D eigenvalue weighted by atomic mass is 19.1. The molecule has 0 spiro atoms. The minimum Gasteiger partial charge on any atom is -0.486 e. The second-order valence-electron chi connectivity index (χ2n) is 8.36. The molecule has 3 aromatic rings. The highest BCUT2D eigenvalue weighted by Gasteiger charge is 2.30. The molecule has 1 aliphatic carbocycles. The van der Waals surface area contributed by atoms with Gasteiger partial charge in [-0.05, 0) is 67.0 Å². The number of amides is 1. The lowest BCUT2D eigenvalue weighted by Crippen LogP contribution is -2.28. The molecule has 1 atom stereocenters. The molecule has 2 aliphatic rings. The van der Waals surface area contributed by atoms with Gasteiger partial charge in [-0.1, -0.05) is 29.4 Å². The lowest BCUT2D eigenvalue weighted by Gasteiger charge is -2.16. The molecule has 1 aliphatic heterocycles. The van der Waals surface area contributed by atoms with Crippen molar-refractivity contribution in [3.63, 3.8) is 0 Å². The quantitative estimate of drug-likeness (QED) is 0.589. The predicted molar refractivity (Wildman–Crippen MR) is 114 cm³/mol. The third-order valence-electron chi connectivity index (χ3n) is 6.30. The number of hydrogen-bond donors (Lipinski definition) is 0. The van der Waals surface area contributed by atoms with Gasteiger partial charge in [0.25, 0.3) is 5.91 Å². The number of halogens is 1. The minimum absolute atomic E-state index is 0.00358. The van der Waals surface area contributed by atoms with E-state index in [9.17, 15) is 9.18 Å². The summed E-state index contributed by atoms with van der Waals surface area (Å²) in [5, 5.41) is 3.94. The Morgan fingerprint density at radius 2 is 1.97 bits per heavy atom. The van der Waals surface area contributed by atoms with E-state index in [1.165, 1.54) is 30.0 Å². The summed E-state index contributed by atoms with van der Waals surface area (Å²) in [6.45, 7) is 1.27. The number of aromatic nitrogens is 1. The van der Waals surface area contributed by atoms with E-state index < -0.39 is 0 Å². The van der Waals surface area contributed by atoms with Gasteiger partial charge in [-0.2, -0.15) is 0 Å². The smallest absolute Gasteiger partial charge is 0.276 e. The van der Waals surface area contributed by atoms with Crippen molar-refractivity contribution in [2.45, 2.75) is 44.6 Å². The number of fused-ring (bicyclic) bond motifs is 1. The molecule has 0 saturated carbocycles. The first-order chi connectivity index (χ1) is 15.2. The molecule has 0 N–H and O–H groups in total. The van der Waals surface area contributed by atoms with Crippen LogP contribution in [-0.2, 0) is 19.4 Å². The summed E-state index contributed by atoms with van der Waals surface area (Å²) in [4.78, 5) is 14.5. The van der Waals surface area contributed by atoms with E-state index in [2.05, 4.69) is 17.3 Å². The lowest BCUT2D eigenvalue weighted by atomic mass is 9.92. The summed E-state index contributed by atoms with van der Waals surface area (Å²) in [5.74, 6) is 0.902. The van der Waals surface area contributed by atoms with Crippen molar-refractivity contribution < 1.29 is 18.4 Å². The standard InChI is InChI=1S/C25H25FN2O3/c26-23-8-4-3-7-22(23)19-11-12-28(15-19)25(29)24-14-21(31-27-24)16-30-20-10-9-17-5-1-2-6-18(17)13-20/h3-4,7-10,13-14,19H,1-2,5-6,11-12,15-16H2. The van der Waals surface area contributed by atoms with Crippen LogP contribution in [0.15, 0.2) is 53.1 Å². The fourth-order valence-corrected chi connectivity index (χ4v) is 4.60. The van der Waals surface area contributed by atoms with Gasteiger partial charge in [0.15, 0.2) is 11.5 Å². The molecule has 1 fully saturated rings. The zero-order valence-electron chi connectivity index (χ0n) is 17.4. The molecule has 2 heterocycles. The highest BCUT2D eigenvalue weighted by Crippen LogP contribution is 2.30. The van der Waals surface area contributed by atoms with E-state index in [0.717, 1.165) is 25.0 Å². The summed E-state index contributed by atoms with van der Waals surface area (Å²) < 4.78 is 25.3. The molecule has 160 valence electrons. The van der Waals surface area contributed by atoms with Crippen LogP contribution in [0.4, 0.5) is 4.39 Å². The SMILES string of the molecule is O=C(c1cc(COc2ccc3c(c2)CCCC3)on1)N1CCC(c2ccccc2F)C1. The number of carbonyl (C=O) groups is 1. The van der Waals surface area contributed by atoms with E-state index in [4.69, 9.17) is 9.26 Å². The maximum Gasteiger partial charge on any atom is 0.276 e. The number of ether oxygens (including phenoxy) is 1. The zero-order chi connectivity index (χ0) is 21.2.